The Bertz CT molecular complexity index is 283. The van der Waals surface area contributed by atoms with Crippen LogP contribution in [0.5, 0.6) is 0 Å². The van der Waals surface area contributed by atoms with Gasteiger partial charge < -0.3 is 5.73 Å². The first-order valence-electron chi connectivity index (χ1n) is 9.01. The SMILES string of the molecule is CC(C)CCN(CC1(N)CCCC(C)C1)C1CCCC1. The highest BCUT2D eigenvalue weighted by atomic mass is 15.2. The highest BCUT2D eigenvalue weighted by Gasteiger charge is 2.35. The quantitative estimate of drug-likeness (QED) is 0.790. The molecule has 0 aromatic rings. The molecule has 0 heterocycles. The van der Waals surface area contributed by atoms with E-state index in [1.165, 1.54) is 64.3 Å². The van der Waals surface area contributed by atoms with Crippen LogP contribution in [0.2, 0.25) is 0 Å². The summed E-state index contributed by atoms with van der Waals surface area (Å²) in [6, 6.07) is 0.825. The molecular formula is C18H36N2. The maximum Gasteiger partial charge on any atom is 0.0286 e. The molecule has 2 atom stereocenters. The molecular weight excluding hydrogens is 244 g/mol. The van der Waals surface area contributed by atoms with Gasteiger partial charge in [0.25, 0.3) is 0 Å². The van der Waals surface area contributed by atoms with Crippen molar-refractivity contribution in [2.75, 3.05) is 13.1 Å². The van der Waals surface area contributed by atoms with E-state index in [9.17, 15) is 0 Å². The molecule has 0 aromatic heterocycles. The van der Waals surface area contributed by atoms with E-state index >= 15 is 0 Å². The maximum absolute atomic E-state index is 6.78. The van der Waals surface area contributed by atoms with Gasteiger partial charge in [-0.1, -0.05) is 46.5 Å². The summed E-state index contributed by atoms with van der Waals surface area (Å²) < 4.78 is 0. The summed E-state index contributed by atoms with van der Waals surface area (Å²) >= 11 is 0. The Balaban J connectivity index is 1.94. The molecule has 2 unspecified atom stereocenters. The van der Waals surface area contributed by atoms with Crippen molar-refractivity contribution >= 4 is 0 Å². The van der Waals surface area contributed by atoms with Gasteiger partial charge in [-0.15, -0.1) is 0 Å². The molecule has 2 aliphatic carbocycles. The largest absolute Gasteiger partial charge is 0.324 e. The number of hydrogen-bond acceptors (Lipinski definition) is 2. The van der Waals surface area contributed by atoms with Crippen molar-refractivity contribution in [3.8, 4) is 0 Å². The zero-order chi connectivity index (χ0) is 14.6. The van der Waals surface area contributed by atoms with Crippen LogP contribution in [0.1, 0.15) is 78.6 Å². The van der Waals surface area contributed by atoms with E-state index in [1.807, 2.05) is 0 Å². The van der Waals surface area contributed by atoms with Crippen molar-refractivity contribution in [3.63, 3.8) is 0 Å². The predicted octanol–water partition coefficient (Wildman–Crippen LogP) is 4.18. The van der Waals surface area contributed by atoms with E-state index < -0.39 is 0 Å². The Hall–Kier alpha value is -0.0800. The summed E-state index contributed by atoms with van der Waals surface area (Å²) in [6.45, 7) is 9.47. The lowest BCUT2D eigenvalue weighted by molar-refractivity contribution is 0.111. The van der Waals surface area contributed by atoms with Gasteiger partial charge in [-0.05, 0) is 50.5 Å². The van der Waals surface area contributed by atoms with E-state index in [1.54, 1.807) is 0 Å². The van der Waals surface area contributed by atoms with Crippen LogP contribution in [-0.4, -0.2) is 29.6 Å². The molecule has 0 spiro atoms. The monoisotopic (exact) mass is 280 g/mol. The molecule has 0 amide bonds. The van der Waals surface area contributed by atoms with Crippen molar-refractivity contribution < 1.29 is 0 Å². The second-order valence-corrected chi connectivity index (χ2v) is 8.16. The van der Waals surface area contributed by atoms with E-state index in [-0.39, 0.29) is 5.54 Å². The third-order valence-electron chi connectivity index (χ3n) is 5.48. The molecule has 2 N–H and O–H groups in total. The lowest BCUT2D eigenvalue weighted by atomic mass is 9.76. The standard InChI is InChI=1S/C18H36N2/c1-15(2)10-12-20(17-8-4-5-9-17)14-18(19)11-6-7-16(3)13-18/h15-17H,4-14,19H2,1-3H3. The summed E-state index contributed by atoms with van der Waals surface area (Å²) in [6.07, 6.45) is 12.2. The Morgan fingerprint density at radius 1 is 1.15 bits per heavy atom. The first-order valence-corrected chi connectivity index (χ1v) is 9.01. The fourth-order valence-corrected chi connectivity index (χ4v) is 4.33. The smallest absolute Gasteiger partial charge is 0.0286 e. The Labute approximate surface area is 126 Å². The highest BCUT2D eigenvalue weighted by Crippen LogP contribution is 2.33. The molecule has 20 heavy (non-hydrogen) atoms. The molecule has 2 nitrogen and oxygen atoms in total. The van der Waals surface area contributed by atoms with E-state index in [4.69, 9.17) is 5.73 Å². The summed E-state index contributed by atoms with van der Waals surface area (Å²) in [4.78, 5) is 2.77. The Morgan fingerprint density at radius 2 is 1.85 bits per heavy atom. The normalized spacial score (nSPS) is 32.4. The second-order valence-electron chi connectivity index (χ2n) is 8.16. The van der Waals surface area contributed by atoms with Gasteiger partial charge in [-0.3, -0.25) is 4.90 Å². The van der Waals surface area contributed by atoms with Crippen LogP contribution in [0.15, 0.2) is 0 Å². The molecule has 0 saturated heterocycles. The number of rotatable bonds is 6. The third-order valence-corrected chi connectivity index (χ3v) is 5.48. The minimum absolute atomic E-state index is 0.0945. The minimum Gasteiger partial charge on any atom is -0.324 e. The molecule has 2 aliphatic rings. The van der Waals surface area contributed by atoms with Crippen LogP contribution in [0.4, 0.5) is 0 Å². The van der Waals surface area contributed by atoms with Crippen LogP contribution in [0, 0.1) is 11.8 Å². The maximum atomic E-state index is 6.78. The number of nitrogens with zero attached hydrogens (tertiary/aromatic N) is 1. The van der Waals surface area contributed by atoms with Crippen molar-refractivity contribution in [1.29, 1.82) is 0 Å². The van der Waals surface area contributed by atoms with Gasteiger partial charge in [0.2, 0.25) is 0 Å². The van der Waals surface area contributed by atoms with Gasteiger partial charge in [0, 0.05) is 18.1 Å². The van der Waals surface area contributed by atoms with E-state index in [0.29, 0.717) is 0 Å². The summed E-state index contributed by atoms with van der Waals surface area (Å²) in [5.74, 6) is 1.63. The minimum atomic E-state index is 0.0945. The predicted molar refractivity (Wildman–Crippen MR) is 87.8 cm³/mol. The Kier molecular flexibility index (Phi) is 5.92. The summed E-state index contributed by atoms with van der Waals surface area (Å²) in [7, 11) is 0. The van der Waals surface area contributed by atoms with Crippen LogP contribution in [0.25, 0.3) is 0 Å². The van der Waals surface area contributed by atoms with Crippen molar-refractivity contribution in [2.24, 2.45) is 17.6 Å². The zero-order valence-electron chi connectivity index (χ0n) is 14.0. The first kappa shape index (κ1) is 16.3. The highest BCUT2D eigenvalue weighted by molar-refractivity contribution is 4.94. The van der Waals surface area contributed by atoms with Crippen LogP contribution in [-0.2, 0) is 0 Å². The average Bonchev–Trinajstić information content (AvgIpc) is 2.87. The lowest BCUT2D eigenvalue weighted by Crippen LogP contribution is -2.54. The fraction of sp³-hybridized carbons (Fsp3) is 1.00. The zero-order valence-corrected chi connectivity index (χ0v) is 14.0. The summed E-state index contributed by atoms with van der Waals surface area (Å²) in [5.41, 5.74) is 6.88. The van der Waals surface area contributed by atoms with Gasteiger partial charge in [0.1, 0.15) is 0 Å². The topological polar surface area (TPSA) is 29.3 Å². The summed E-state index contributed by atoms with van der Waals surface area (Å²) in [5, 5.41) is 0. The van der Waals surface area contributed by atoms with Crippen molar-refractivity contribution in [2.45, 2.75) is 90.1 Å². The number of hydrogen-bond donors (Lipinski definition) is 1. The molecule has 2 fully saturated rings. The third kappa shape index (κ3) is 4.73. The van der Waals surface area contributed by atoms with E-state index in [2.05, 4.69) is 25.7 Å². The molecule has 0 aliphatic heterocycles. The lowest BCUT2D eigenvalue weighted by Gasteiger charge is -2.42. The van der Waals surface area contributed by atoms with Gasteiger partial charge >= 0.3 is 0 Å². The van der Waals surface area contributed by atoms with Gasteiger partial charge in [-0.25, -0.2) is 0 Å². The molecule has 2 heteroatoms. The van der Waals surface area contributed by atoms with E-state index in [0.717, 1.165) is 24.4 Å². The molecule has 0 radical (unpaired) electrons. The molecule has 118 valence electrons. The Morgan fingerprint density at radius 3 is 2.45 bits per heavy atom. The average molecular weight is 280 g/mol. The first-order chi connectivity index (χ1) is 9.48. The van der Waals surface area contributed by atoms with Gasteiger partial charge in [0.15, 0.2) is 0 Å². The molecule has 0 bridgehead atoms. The van der Waals surface area contributed by atoms with Crippen molar-refractivity contribution in [3.05, 3.63) is 0 Å². The fourth-order valence-electron chi connectivity index (χ4n) is 4.33. The number of nitrogens with two attached hydrogens (primary N) is 1. The molecule has 2 rings (SSSR count). The van der Waals surface area contributed by atoms with Gasteiger partial charge in [-0.2, -0.15) is 0 Å². The van der Waals surface area contributed by atoms with Crippen LogP contribution in [0.3, 0.4) is 0 Å². The van der Waals surface area contributed by atoms with Crippen LogP contribution >= 0.6 is 0 Å². The van der Waals surface area contributed by atoms with Gasteiger partial charge in [0.05, 0.1) is 0 Å². The molecule has 0 aromatic carbocycles. The second kappa shape index (κ2) is 7.26. The molecule has 2 saturated carbocycles. The van der Waals surface area contributed by atoms with Crippen molar-refractivity contribution in [1.82, 2.24) is 4.90 Å². The van der Waals surface area contributed by atoms with Crippen LogP contribution < -0.4 is 5.73 Å².